The minimum absolute atomic E-state index is 0.0340. The zero-order valence-corrected chi connectivity index (χ0v) is 14.1. The Bertz CT molecular complexity index is 657. The molecule has 2 N–H and O–H groups in total. The molecule has 0 atom stereocenters. The zero-order valence-electron chi connectivity index (χ0n) is 13.4. The number of carbonyl (C=O) groups is 1. The third kappa shape index (κ3) is 5.49. The van der Waals surface area contributed by atoms with E-state index in [2.05, 4.69) is 10.6 Å². The second-order valence-electron chi connectivity index (χ2n) is 5.14. The molecule has 0 aliphatic rings. The number of hydrogen-bond acceptors (Lipinski definition) is 3. The fraction of sp³-hybridized carbons (Fsp3) is 0.278. The van der Waals surface area contributed by atoms with E-state index in [0.717, 1.165) is 22.7 Å². The van der Waals surface area contributed by atoms with Crippen LogP contribution in [0.15, 0.2) is 42.5 Å². The van der Waals surface area contributed by atoms with E-state index in [1.54, 1.807) is 0 Å². The van der Waals surface area contributed by atoms with Gasteiger partial charge in [0.2, 0.25) is 5.91 Å². The molecule has 1 amide bonds. The molecular weight excluding hydrogens is 312 g/mol. The molecule has 0 bridgehead atoms. The number of carbonyl (C=O) groups excluding carboxylic acids is 1. The van der Waals surface area contributed by atoms with Crippen molar-refractivity contribution in [2.24, 2.45) is 0 Å². The lowest BCUT2D eigenvalue weighted by molar-refractivity contribution is -0.115. The van der Waals surface area contributed by atoms with Crippen LogP contribution in [-0.4, -0.2) is 19.1 Å². The van der Waals surface area contributed by atoms with Crippen molar-refractivity contribution >= 4 is 28.9 Å². The van der Waals surface area contributed by atoms with Crippen LogP contribution in [0.1, 0.15) is 18.9 Å². The van der Waals surface area contributed by atoms with E-state index in [1.165, 1.54) is 0 Å². The minimum atomic E-state index is -0.0340. The van der Waals surface area contributed by atoms with Crippen LogP contribution in [-0.2, 0) is 4.79 Å². The number of halogens is 1. The monoisotopic (exact) mass is 332 g/mol. The van der Waals surface area contributed by atoms with Gasteiger partial charge >= 0.3 is 0 Å². The van der Waals surface area contributed by atoms with Gasteiger partial charge in [-0.15, -0.1) is 0 Å². The molecule has 5 heteroatoms. The van der Waals surface area contributed by atoms with Gasteiger partial charge in [0, 0.05) is 29.4 Å². The van der Waals surface area contributed by atoms with E-state index in [4.69, 9.17) is 16.3 Å². The minimum Gasteiger partial charge on any atom is -0.494 e. The first-order valence-electron chi connectivity index (χ1n) is 7.61. The molecule has 0 heterocycles. The summed E-state index contributed by atoms with van der Waals surface area (Å²) >= 11 is 5.92. The summed E-state index contributed by atoms with van der Waals surface area (Å²) in [5.41, 5.74) is 2.81. The normalized spacial score (nSPS) is 10.2. The van der Waals surface area contributed by atoms with Crippen molar-refractivity contribution in [3.8, 4) is 5.75 Å². The molecule has 0 unspecified atom stereocenters. The van der Waals surface area contributed by atoms with E-state index in [-0.39, 0.29) is 5.91 Å². The van der Waals surface area contributed by atoms with Crippen molar-refractivity contribution in [1.82, 2.24) is 0 Å². The first-order valence-corrected chi connectivity index (χ1v) is 7.99. The topological polar surface area (TPSA) is 50.4 Å². The highest BCUT2D eigenvalue weighted by Crippen LogP contribution is 2.19. The average Bonchev–Trinajstić information content (AvgIpc) is 2.52. The third-order valence-electron chi connectivity index (χ3n) is 3.31. The summed E-state index contributed by atoms with van der Waals surface area (Å²) < 4.78 is 5.37. The fourth-order valence-corrected chi connectivity index (χ4v) is 2.39. The van der Waals surface area contributed by atoms with Crippen LogP contribution in [0.2, 0.25) is 5.02 Å². The average molecular weight is 333 g/mol. The molecule has 2 aromatic carbocycles. The van der Waals surface area contributed by atoms with Gasteiger partial charge in [-0.25, -0.2) is 0 Å². The quantitative estimate of drug-likeness (QED) is 0.785. The number of benzene rings is 2. The summed E-state index contributed by atoms with van der Waals surface area (Å²) in [4.78, 5) is 11.9. The molecule has 4 nitrogen and oxygen atoms in total. The second kappa shape index (κ2) is 8.44. The van der Waals surface area contributed by atoms with Crippen molar-refractivity contribution in [1.29, 1.82) is 0 Å². The van der Waals surface area contributed by atoms with Crippen molar-refractivity contribution in [3.63, 3.8) is 0 Å². The summed E-state index contributed by atoms with van der Waals surface area (Å²) in [5, 5.41) is 6.82. The molecule has 2 rings (SSSR count). The highest BCUT2D eigenvalue weighted by Gasteiger charge is 2.04. The van der Waals surface area contributed by atoms with Gasteiger partial charge in [-0.2, -0.15) is 0 Å². The smallest absolute Gasteiger partial charge is 0.226 e. The maximum Gasteiger partial charge on any atom is 0.226 e. The number of hydrogen-bond donors (Lipinski definition) is 2. The maximum absolute atomic E-state index is 11.9. The molecule has 0 aliphatic carbocycles. The van der Waals surface area contributed by atoms with E-state index in [1.807, 2.05) is 56.3 Å². The van der Waals surface area contributed by atoms with E-state index in [9.17, 15) is 4.79 Å². The Morgan fingerprint density at radius 1 is 1.17 bits per heavy atom. The fourth-order valence-electron chi connectivity index (χ4n) is 2.16. The van der Waals surface area contributed by atoms with Crippen LogP contribution in [0.3, 0.4) is 0 Å². The van der Waals surface area contributed by atoms with Gasteiger partial charge in [-0.1, -0.05) is 11.6 Å². The van der Waals surface area contributed by atoms with Gasteiger partial charge in [-0.3, -0.25) is 4.79 Å². The van der Waals surface area contributed by atoms with Gasteiger partial charge in [0.05, 0.1) is 6.61 Å². The Morgan fingerprint density at radius 2 is 1.91 bits per heavy atom. The van der Waals surface area contributed by atoms with Gasteiger partial charge < -0.3 is 15.4 Å². The van der Waals surface area contributed by atoms with E-state index >= 15 is 0 Å². The number of ether oxygens (including phenoxy) is 1. The molecular formula is C18H21ClN2O2. The van der Waals surface area contributed by atoms with E-state index < -0.39 is 0 Å². The largest absolute Gasteiger partial charge is 0.494 e. The first kappa shape index (κ1) is 17.2. The van der Waals surface area contributed by atoms with Crippen LogP contribution in [0.25, 0.3) is 0 Å². The molecule has 0 fully saturated rings. The highest BCUT2D eigenvalue weighted by atomic mass is 35.5. The maximum atomic E-state index is 11.9. The molecule has 2 aromatic rings. The van der Waals surface area contributed by atoms with Crippen LogP contribution < -0.4 is 15.4 Å². The molecule has 0 radical (unpaired) electrons. The number of nitrogens with one attached hydrogen (secondary N) is 2. The molecule has 23 heavy (non-hydrogen) atoms. The van der Waals surface area contributed by atoms with E-state index in [0.29, 0.717) is 24.6 Å². The second-order valence-corrected chi connectivity index (χ2v) is 5.58. The lowest BCUT2D eigenvalue weighted by Crippen LogP contribution is -2.16. The predicted octanol–water partition coefficient (Wildman–Crippen LogP) is 4.49. The van der Waals surface area contributed by atoms with Crippen molar-refractivity contribution in [2.45, 2.75) is 20.3 Å². The Hall–Kier alpha value is -2.20. The lowest BCUT2D eigenvalue weighted by atomic mass is 10.2. The third-order valence-corrected chi connectivity index (χ3v) is 3.54. The van der Waals surface area contributed by atoms with Crippen LogP contribution in [0.5, 0.6) is 5.75 Å². The predicted molar refractivity (Wildman–Crippen MR) is 95.5 cm³/mol. The molecule has 0 aliphatic heterocycles. The summed E-state index contributed by atoms with van der Waals surface area (Å²) in [6.07, 6.45) is 0.384. The standard InChI is InChI=1S/C18H21ClN2O2/c1-3-23-16-7-5-15(6-8-16)21-18(22)10-11-20-17-9-4-14(19)12-13(17)2/h4-9,12,20H,3,10-11H2,1-2H3,(H,21,22). The van der Waals surface area contributed by atoms with Crippen LogP contribution in [0.4, 0.5) is 11.4 Å². The SMILES string of the molecule is CCOc1ccc(NC(=O)CCNc2ccc(Cl)cc2C)cc1. The van der Waals surface area contributed by atoms with Crippen LogP contribution in [0, 0.1) is 6.92 Å². The van der Waals surface area contributed by atoms with Gasteiger partial charge in [-0.05, 0) is 61.9 Å². The first-order chi connectivity index (χ1) is 11.1. The zero-order chi connectivity index (χ0) is 16.7. The van der Waals surface area contributed by atoms with Gasteiger partial charge in [0.15, 0.2) is 0 Å². The Morgan fingerprint density at radius 3 is 2.57 bits per heavy atom. The Balaban J connectivity index is 1.78. The molecule has 0 saturated carbocycles. The number of amides is 1. The van der Waals surface area contributed by atoms with Crippen molar-refractivity contribution < 1.29 is 9.53 Å². The summed E-state index contributed by atoms with van der Waals surface area (Å²) in [6, 6.07) is 13.0. The Kier molecular flexibility index (Phi) is 6.29. The number of anilines is 2. The van der Waals surface area contributed by atoms with Gasteiger partial charge in [0.1, 0.15) is 5.75 Å². The van der Waals surface area contributed by atoms with Crippen LogP contribution >= 0.6 is 11.6 Å². The molecule has 0 aromatic heterocycles. The highest BCUT2D eigenvalue weighted by molar-refractivity contribution is 6.30. The summed E-state index contributed by atoms with van der Waals surface area (Å²) in [7, 11) is 0. The lowest BCUT2D eigenvalue weighted by Gasteiger charge is -2.10. The number of aryl methyl sites for hydroxylation is 1. The van der Waals surface area contributed by atoms with Crippen molar-refractivity contribution in [2.75, 3.05) is 23.8 Å². The van der Waals surface area contributed by atoms with Gasteiger partial charge in [0.25, 0.3) is 0 Å². The Labute approximate surface area is 141 Å². The summed E-state index contributed by atoms with van der Waals surface area (Å²) in [5.74, 6) is 0.763. The molecule has 0 spiro atoms. The molecule has 0 saturated heterocycles. The number of rotatable bonds is 7. The molecule has 122 valence electrons. The summed E-state index contributed by atoms with van der Waals surface area (Å²) in [6.45, 7) is 5.10. The van der Waals surface area contributed by atoms with Crippen molar-refractivity contribution in [3.05, 3.63) is 53.1 Å².